The molecular weight excluding hydrogens is 156 g/mol. The molecule has 66 valence electrons. The van der Waals surface area contributed by atoms with Crippen molar-refractivity contribution < 1.29 is 14.7 Å². The van der Waals surface area contributed by atoms with Crippen LogP contribution in [0.1, 0.15) is 32.6 Å². The molecular formula is C9H12O3. The first-order valence-electron chi connectivity index (χ1n) is 4.30. The molecule has 0 aromatic rings. The summed E-state index contributed by atoms with van der Waals surface area (Å²) in [5.41, 5.74) is -2.08. The standard InChI is InChI=1S/C9H12O3/c1-8-4-2-7(11)9(8,12)5-3-6(8)10/h12H,2-5H2,1H3/t8-,9+/m1/s1. The average Bonchev–Trinajstić information content (AvgIpc) is 2.39. The van der Waals surface area contributed by atoms with Crippen LogP contribution in [0.3, 0.4) is 0 Å². The van der Waals surface area contributed by atoms with Gasteiger partial charge in [0.25, 0.3) is 0 Å². The lowest BCUT2D eigenvalue weighted by Gasteiger charge is -2.28. The Balaban J connectivity index is 2.50. The highest BCUT2D eigenvalue weighted by Gasteiger charge is 2.63. The van der Waals surface area contributed by atoms with Gasteiger partial charge in [-0.25, -0.2) is 0 Å². The summed E-state index contributed by atoms with van der Waals surface area (Å²) in [7, 11) is 0. The van der Waals surface area contributed by atoms with Gasteiger partial charge < -0.3 is 5.11 Å². The smallest absolute Gasteiger partial charge is 0.165 e. The van der Waals surface area contributed by atoms with E-state index in [1.165, 1.54) is 0 Å². The number of ketones is 2. The fraction of sp³-hybridized carbons (Fsp3) is 0.778. The molecule has 0 aromatic carbocycles. The van der Waals surface area contributed by atoms with Crippen LogP contribution in [0, 0.1) is 5.41 Å². The van der Waals surface area contributed by atoms with Crippen molar-refractivity contribution in [3.8, 4) is 0 Å². The van der Waals surface area contributed by atoms with Gasteiger partial charge in [0, 0.05) is 12.8 Å². The van der Waals surface area contributed by atoms with Gasteiger partial charge in [-0.3, -0.25) is 9.59 Å². The second-order valence-electron chi connectivity index (χ2n) is 4.04. The molecule has 2 rings (SSSR count). The highest BCUT2D eigenvalue weighted by Crippen LogP contribution is 2.52. The Morgan fingerprint density at radius 3 is 2.33 bits per heavy atom. The summed E-state index contributed by atoms with van der Waals surface area (Å²) in [6.07, 6.45) is 1.58. The zero-order chi connectivity index (χ0) is 8.98. The van der Waals surface area contributed by atoms with Gasteiger partial charge in [0.05, 0.1) is 5.41 Å². The molecule has 0 radical (unpaired) electrons. The van der Waals surface area contributed by atoms with Crippen molar-refractivity contribution in [3.05, 3.63) is 0 Å². The molecule has 0 saturated heterocycles. The van der Waals surface area contributed by atoms with E-state index in [4.69, 9.17) is 0 Å². The van der Waals surface area contributed by atoms with Crippen LogP contribution in [0.25, 0.3) is 0 Å². The first kappa shape index (κ1) is 7.92. The molecule has 0 spiro atoms. The van der Waals surface area contributed by atoms with Crippen LogP contribution in [0.2, 0.25) is 0 Å². The lowest BCUT2D eigenvalue weighted by molar-refractivity contribution is -0.145. The van der Waals surface area contributed by atoms with Crippen LogP contribution < -0.4 is 0 Å². The van der Waals surface area contributed by atoms with Gasteiger partial charge >= 0.3 is 0 Å². The number of rotatable bonds is 0. The molecule has 1 N–H and O–H groups in total. The maximum atomic E-state index is 11.4. The third-order valence-corrected chi connectivity index (χ3v) is 3.56. The van der Waals surface area contributed by atoms with Crippen molar-refractivity contribution in [2.75, 3.05) is 0 Å². The van der Waals surface area contributed by atoms with Crippen LogP contribution in [0.15, 0.2) is 0 Å². The van der Waals surface area contributed by atoms with Crippen LogP contribution in [0.5, 0.6) is 0 Å². The summed E-state index contributed by atoms with van der Waals surface area (Å²) < 4.78 is 0. The van der Waals surface area contributed by atoms with Gasteiger partial charge in [-0.15, -0.1) is 0 Å². The fourth-order valence-corrected chi connectivity index (χ4v) is 2.44. The van der Waals surface area contributed by atoms with E-state index in [1.54, 1.807) is 6.92 Å². The summed E-state index contributed by atoms with van der Waals surface area (Å²) >= 11 is 0. The van der Waals surface area contributed by atoms with Crippen molar-refractivity contribution in [2.45, 2.75) is 38.2 Å². The van der Waals surface area contributed by atoms with E-state index < -0.39 is 11.0 Å². The Morgan fingerprint density at radius 2 is 1.75 bits per heavy atom. The largest absolute Gasteiger partial charge is 0.381 e. The summed E-state index contributed by atoms with van der Waals surface area (Å²) in [6, 6.07) is 0. The second kappa shape index (κ2) is 1.96. The molecule has 2 atom stereocenters. The minimum absolute atomic E-state index is 0.0517. The third-order valence-electron chi connectivity index (χ3n) is 3.56. The maximum absolute atomic E-state index is 11.4. The van der Waals surface area contributed by atoms with Crippen molar-refractivity contribution in [3.63, 3.8) is 0 Å². The number of hydrogen-bond donors (Lipinski definition) is 1. The lowest BCUT2D eigenvalue weighted by Crippen LogP contribution is -2.45. The van der Waals surface area contributed by atoms with Gasteiger partial charge in [0.15, 0.2) is 5.78 Å². The van der Waals surface area contributed by atoms with Crippen LogP contribution in [-0.2, 0) is 9.59 Å². The number of carbonyl (C=O) groups is 2. The Morgan fingerprint density at radius 1 is 1.17 bits per heavy atom. The summed E-state index contributed by atoms with van der Waals surface area (Å²) in [4.78, 5) is 22.7. The van der Waals surface area contributed by atoms with Crippen LogP contribution in [-0.4, -0.2) is 22.3 Å². The third kappa shape index (κ3) is 0.614. The minimum Gasteiger partial charge on any atom is -0.381 e. The predicted molar refractivity (Wildman–Crippen MR) is 41.5 cm³/mol. The quantitative estimate of drug-likeness (QED) is 0.571. The molecule has 3 nitrogen and oxygen atoms in total. The number of carbonyl (C=O) groups excluding carboxylic acids is 2. The molecule has 0 unspecified atom stereocenters. The molecule has 0 bridgehead atoms. The van der Waals surface area contributed by atoms with E-state index >= 15 is 0 Å². The monoisotopic (exact) mass is 168 g/mol. The Labute approximate surface area is 70.8 Å². The Hall–Kier alpha value is -0.700. The topological polar surface area (TPSA) is 54.4 Å². The maximum Gasteiger partial charge on any atom is 0.165 e. The SMILES string of the molecule is C[C@]12CCC(=O)[C@@]1(O)CCC2=O. The van der Waals surface area contributed by atoms with Gasteiger partial charge in [-0.05, 0) is 19.8 Å². The average molecular weight is 168 g/mol. The van der Waals surface area contributed by atoms with E-state index in [0.29, 0.717) is 25.7 Å². The minimum atomic E-state index is -1.32. The molecule has 0 heterocycles. The second-order valence-corrected chi connectivity index (χ2v) is 4.04. The van der Waals surface area contributed by atoms with Gasteiger partial charge in [0.2, 0.25) is 0 Å². The Kier molecular flexibility index (Phi) is 1.30. The van der Waals surface area contributed by atoms with Crippen molar-refractivity contribution in [1.29, 1.82) is 0 Å². The zero-order valence-electron chi connectivity index (χ0n) is 7.09. The highest BCUT2D eigenvalue weighted by atomic mass is 16.3. The van der Waals surface area contributed by atoms with Crippen LogP contribution >= 0.6 is 0 Å². The van der Waals surface area contributed by atoms with Crippen molar-refractivity contribution in [1.82, 2.24) is 0 Å². The molecule has 3 heteroatoms. The highest BCUT2D eigenvalue weighted by molar-refractivity contribution is 6.03. The first-order valence-corrected chi connectivity index (χ1v) is 4.30. The summed E-state index contributed by atoms with van der Waals surface area (Å²) in [6.45, 7) is 1.72. The van der Waals surface area contributed by atoms with Gasteiger partial charge in [0.1, 0.15) is 11.4 Å². The van der Waals surface area contributed by atoms with Crippen molar-refractivity contribution >= 4 is 11.6 Å². The zero-order valence-corrected chi connectivity index (χ0v) is 7.09. The molecule has 2 saturated carbocycles. The van der Waals surface area contributed by atoms with E-state index in [0.717, 1.165) is 0 Å². The first-order chi connectivity index (χ1) is 5.51. The number of hydrogen-bond acceptors (Lipinski definition) is 3. The van der Waals surface area contributed by atoms with E-state index in [-0.39, 0.29) is 11.6 Å². The summed E-state index contributed by atoms with van der Waals surface area (Å²) in [5.74, 6) is -0.0910. The fourth-order valence-electron chi connectivity index (χ4n) is 2.44. The van der Waals surface area contributed by atoms with Crippen molar-refractivity contribution in [2.24, 2.45) is 5.41 Å². The molecule has 0 aromatic heterocycles. The molecule has 2 aliphatic carbocycles. The lowest BCUT2D eigenvalue weighted by atomic mass is 9.78. The summed E-state index contributed by atoms with van der Waals surface area (Å²) in [5, 5.41) is 9.96. The van der Waals surface area contributed by atoms with Gasteiger partial charge in [-0.1, -0.05) is 0 Å². The Bertz CT molecular complexity index is 243. The predicted octanol–water partition coefficient (Wildman–Crippen LogP) is 0.450. The molecule has 2 fully saturated rings. The molecule has 2 aliphatic rings. The molecule has 0 aliphatic heterocycles. The molecule has 12 heavy (non-hydrogen) atoms. The van der Waals surface area contributed by atoms with E-state index in [9.17, 15) is 14.7 Å². The molecule has 0 amide bonds. The van der Waals surface area contributed by atoms with Crippen LogP contribution in [0.4, 0.5) is 0 Å². The van der Waals surface area contributed by atoms with E-state index in [1.807, 2.05) is 0 Å². The number of aliphatic hydroxyl groups is 1. The number of Topliss-reactive ketones (excluding diaryl/α,β-unsaturated/α-hetero) is 2. The van der Waals surface area contributed by atoms with E-state index in [2.05, 4.69) is 0 Å². The van der Waals surface area contributed by atoms with Gasteiger partial charge in [-0.2, -0.15) is 0 Å². The number of fused-ring (bicyclic) bond motifs is 1. The normalized spacial score (nSPS) is 46.8.